The normalized spacial score (nSPS) is 18.7. The van der Waals surface area contributed by atoms with Crippen molar-refractivity contribution in [1.29, 1.82) is 0 Å². The number of hydrogen-bond acceptors (Lipinski definition) is 6. The van der Waals surface area contributed by atoms with Crippen LogP contribution in [0, 0.1) is 0 Å². The maximum absolute atomic E-state index is 12.0. The number of carbonyl (C=O) groups excluding carboxylic acids is 1. The largest absolute Gasteiger partial charge is 0.492 e. The molecule has 2 aliphatic rings. The van der Waals surface area contributed by atoms with Crippen LogP contribution in [0.2, 0.25) is 0 Å². The molecule has 4 rings (SSSR count). The summed E-state index contributed by atoms with van der Waals surface area (Å²) >= 11 is 0. The molecule has 2 aromatic rings. The Balaban J connectivity index is 1.41. The summed E-state index contributed by atoms with van der Waals surface area (Å²) in [5.74, 6) is 1.47. The van der Waals surface area contributed by atoms with Crippen molar-refractivity contribution in [1.82, 2.24) is 15.5 Å². The zero-order chi connectivity index (χ0) is 18.9. The lowest BCUT2D eigenvalue weighted by molar-refractivity contribution is 0.0916. The standard InChI is InChI=1S/C20H24N4O3/c1-14(12-25)21-19(26)16-6-7-18(23-22-16)24-10-8-20(9-11-24)13-27-17-5-3-2-4-15(17)20/h2-7,14,25H,8-13H2,1H3,(H,21,26). The maximum atomic E-state index is 12.0. The molecule has 1 aromatic heterocycles. The molecule has 1 atom stereocenters. The molecule has 1 unspecified atom stereocenters. The molecule has 2 aliphatic heterocycles. The van der Waals surface area contributed by atoms with Gasteiger partial charge in [-0.3, -0.25) is 4.79 Å². The van der Waals surface area contributed by atoms with E-state index >= 15 is 0 Å². The van der Waals surface area contributed by atoms with Crippen molar-refractivity contribution >= 4 is 11.7 Å². The van der Waals surface area contributed by atoms with E-state index in [1.54, 1.807) is 13.0 Å². The number of carbonyl (C=O) groups is 1. The van der Waals surface area contributed by atoms with Gasteiger partial charge in [-0.25, -0.2) is 0 Å². The van der Waals surface area contributed by atoms with Crippen molar-refractivity contribution < 1.29 is 14.6 Å². The first-order valence-corrected chi connectivity index (χ1v) is 9.34. The number of aliphatic hydroxyl groups excluding tert-OH is 1. The van der Waals surface area contributed by atoms with Crippen molar-refractivity contribution in [2.24, 2.45) is 0 Å². The second-order valence-corrected chi connectivity index (χ2v) is 7.39. The van der Waals surface area contributed by atoms with Crippen molar-refractivity contribution in [3.8, 4) is 5.75 Å². The first-order valence-electron chi connectivity index (χ1n) is 9.34. The summed E-state index contributed by atoms with van der Waals surface area (Å²) in [7, 11) is 0. The molecule has 3 heterocycles. The molecule has 0 radical (unpaired) electrons. The third-order valence-corrected chi connectivity index (χ3v) is 5.54. The van der Waals surface area contributed by atoms with Gasteiger partial charge >= 0.3 is 0 Å². The Hall–Kier alpha value is -2.67. The summed E-state index contributed by atoms with van der Waals surface area (Å²) in [4.78, 5) is 14.2. The minimum Gasteiger partial charge on any atom is -0.492 e. The van der Waals surface area contributed by atoms with Gasteiger partial charge in [-0.05, 0) is 38.0 Å². The first-order chi connectivity index (χ1) is 13.1. The van der Waals surface area contributed by atoms with Crippen molar-refractivity contribution in [2.45, 2.75) is 31.2 Å². The number of rotatable bonds is 4. The van der Waals surface area contributed by atoms with Crippen molar-refractivity contribution in [2.75, 3.05) is 31.2 Å². The molecular formula is C20H24N4O3. The highest BCUT2D eigenvalue weighted by Gasteiger charge is 2.43. The Bertz CT molecular complexity index is 816. The summed E-state index contributed by atoms with van der Waals surface area (Å²) < 4.78 is 5.91. The molecule has 2 N–H and O–H groups in total. The number of benzene rings is 1. The predicted molar refractivity (Wildman–Crippen MR) is 101 cm³/mol. The van der Waals surface area contributed by atoms with Gasteiger partial charge in [0.15, 0.2) is 11.5 Å². The monoisotopic (exact) mass is 368 g/mol. The van der Waals surface area contributed by atoms with Crippen LogP contribution in [0.4, 0.5) is 5.82 Å². The molecule has 1 aromatic carbocycles. The van der Waals surface area contributed by atoms with Crippen LogP contribution in [-0.4, -0.2) is 53.6 Å². The van der Waals surface area contributed by atoms with E-state index in [1.165, 1.54) is 5.56 Å². The smallest absolute Gasteiger partial charge is 0.272 e. The van der Waals surface area contributed by atoms with Gasteiger partial charge in [-0.2, -0.15) is 0 Å². The lowest BCUT2D eigenvalue weighted by atomic mass is 9.74. The Morgan fingerprint density at radius 3 is 2.74 bits per heavy atom. The van der Waals surface area contributed by atoms with Gasteiger partial charge in [0.05, 0.1) is 13.2 Å². The van der Waals surface area contributed by atoms with Crippen LogP contribution in [0.15, 0.2) is 36.4 Å². The van der Waals surface area contributed by atoms with Crippen LogP contribution in [-0.2, 0) is 5.41 Å². The number of nitrogens with one attached hydrogen (secondary N) is 1. The molecule has 1 spiro atoms. The van der Waals surface area contributed by atoms with E-state index < -0.39 is 0 Å². The van der Waals surface area contributed by atoms with E-state index in [0.29, 0.717) is 0 Å². The van der Waals surface area contributed by atoms with Crippen LogP contribution in [0.5, 0.6) is 5.75 Å². The number of nitrogens with zero attached hydrogens (tertiary/aromatic N) is 3. The van der Waals surface area contributed by atoms with Gasteiger partial charge in [0, 0.05) is 30.1 Å². The van der Waals surface area contributed by atoms with Gasteiger partial charge in [-0.1, -0.05) is 18.2 Å². The highest BCUT2D eigenvalue weighted by atomic mass is 16.5. The minimum absolute atomic E-state index is 0.0980. The maximum Gasteiger partial charge on any atom is 0.272 e. The molecular weight excluding hydrogens is 344 g/mol. The second kappa shape index (κ2) is 7.15. The SMILES string of the molecule is CC(CO)NC(=O)c1ccc(N2CCC3(CC2)COc2ccccc23)nn1. The van der Waals surface area contributed by atoms with E-state index in [9.17, 15) is 4.79 Å². The summed E-state index contributed by atoms with van der Waals surface area (Å²) in [6.07, 6.45) is 2.00. The van der Waals surface area contributed by atoms with Gasteiger partial charge in [0.2, 0.25) is 0 Å². The Labute approximate surface area is 158 Å². The molecule has 1 fully saturated rings. The number of ether oxygens (including phenoxy) is 1. The molecule has 0 bridgehead atoms. The van der Waals surface area contributed by atoms with Crippen LogP contribution < -0.4 is 15.0 Å². The topological polar surface area (TPSA) is 87.6 Å². The quantitative estimate of drug-likeness (QED) is 0.851. The Morgan fingerprint density at radius 2 is 2.04 bits per heavy atom. The number of aliphatic hydroxyl groups is 1. The van der Waals surface area contributed by atoms with Crippen LogP contribution >= 0.6 is 0 Å². The van der Waals surface area contributed by atoms with Crippen molar-refractivity contribution in [3.05, 3.63) is 47.7 Å². The summed E-state index contributed by atoms with van der Waals surface area (Å²) in [5, 5.41) is 20.0. The predicted octanol–water partition coefficient (Wildman–Crippen LogP) is 1.52. The Morgan fingerprint density at radius 1 is 1.26 bits per heavy atom. The Kier molecular flexibility index (Phi) is 4.70. The van der Waals surface area contributed by atoms with Crippen LogP contribution in [0.1, 0.15) is 35.8 Å². The average molecular weight is 368 g/mol. The van der Waals surface area contributed by atoms with Gasteiger partial charge in [0.1, 0.15) is 5.75 Å². The number of amides is 1. The first kappa shape index (κ1) is 17.7. The van der Waals surface area contributed by atoms with Crippen LogP contribution in [0.25, 0.3) is 0 Å². The summed E-state index contributed by atoms with van der Waals surface area (Å²) in [5.41, 5.74) is 1.67. The summed E-state index contributed by atoms with van der Waals surface area (Å²) in [6.45, 7) is 4.11. The molecule has 0 aliphatic carbocycles. The fourth-order valence-electron chi connectivity index (χ4n) is 3.86. The highest BCUT2D eigenvalue weighted by Crippen LogP contribution is 2.45. The number of piperidine rings is 1. The molecule has 7 heteroatoms. The lowest BCUT2D eigenvalue weighted by Crippen LogP contribution is -2.44. The van der Waals surface area contributed by atoms with Crippen molar-refractivity contribution in [3.63, 3.8) is 0 Å². The van der Waals surface area contributed by atoms with E-state index in [4.69, 9.17) is 9.84 Å². The number of anilines is 1. The number of hydrogen-bond donors (Lipinski definition) is 2. The average Bonchev–Trinajstić information content (AvgIpc) is 3.07. The molecule has 27 heavy (non-hydrogen) atoms. The van der Waals surface area contributed by atoms with E-state index in [1.807, 2.05) is 18.2 Å². The lowest BCUT2D eigenvalue weighted by Gasteiger charge is -2.38. The second-order valence-electron chi connectivity index (χ2n) is 7.39. The highest BCUT2D eigenvalue weighted by molar-refractivity contribution is 5.92. The minimum atomic E-state index is -0.326. The van der Waals surface area contributed by atoms with Gasteiger partial charge < -0.3 is 20.1 Å². The van der Waals surface area contributed by atoms with E-state index in [-0.39, 0.29) is 29.7 Å². The fraction of sp³-hybridized carbons (Fsp3) is 0.450. The number of aromatic nitrogens is 2. The van der Waals surface area contributed by atoms with E-state index in [0.717, 1.165) is 44.1 Å². The number of para-hydroxylation sites is 1. The third-order valence-electron chi connectivity index (χ3n) is 5.54. The molecule has 0 saturated carbocycles. The third kappa shape index (κ3) is 3.35. The fourth-order valence-corrected chi connectivity index (χ4v) is 3.86. The van der Waals surface area contributed by atoms with E-state index in [2.05, 4.69) is 32.5 Å². The summed E-state index contributed by atoms with van der Waals surface area (Å²) in [6, 6.07) is 11.5. The van der Waals surface area contributed by atoms with Crippen LogP contribution in [0.3, 0.4) is 0 Å². The molecule has 142 valence electrons. The molecule has 1 amide bonds. The molecule has 7 nitrogen and oxygen atoms in total. The molecule has 1 saturated heterocycles. The van der Waals surface area contributed by atoms with Gasteiger partial charge in [-0.15, -0.1) is 10.2 Å². The van der Waals surface area contributed by atoms with Gasteiger partial charge in [0.25, 0.3) is 5.91 Å². The zero-order valence-corrected chi connectivity index (χ0v) is 15.4. The number of fused-ring (bicyclic) bond motifs is 2. The zero-order valence-electron chi connectivity index (χ0n) is 15.4.